The van der Waals surface area contributed by atoms with Crippen LogP contribution in [0.5, 0.6) is 11.5 Å². The number of hydrogen-bond acceptors (Lipinski definition) is 4. The minimum absolute atomic E-state index is 0.340. The van der Waals surface area contributed by atoms with Crippen LogP contribution < -0.4 is 14.8 Å². The fourth-order valence-electron chi connectivity index (χ4n) is 3.20. The van der Waals surface area contributed by atoms with Gasteiger partial charge in [-0.1, -0.05) is 18.6 Å². The van der Waals surface area contributed by atoms with E-state index >= 15 is 0 Å². The number of piperidine rings is 1. The number of ether oxygens (including phenoxy) is 2. The molecule has 116 valence electrons. The molecular formula is C17H25NO2S. The van der Waals surface area contributed by atoms with Crippen LogP contribution >= 0.6 is 11.8 Å². The summed E-state index contributed by atoms with van der Waals surface area (Å²) in [5.41, 5.74) is 1.26. The van der Waals surface area contributed by atoms with Crippen LogP contribution in [-0.2, 0) is 6.42 Å². The first-order valence-electron chi connectivity index (χ1n) is 8.00. The van der Waals surface area contributed by atoms with Crippen molar-refractivity contribution in [3.05, 3.63) is 23.8 Å². The quantitative estimate of drug-likeness (QED) is 0.904. The summed E-state index contributed by atoms with van der Waals surface area (Å²) in [6.07, 6.45) is 6.40. The maximum Gasteiger partial charge on any atom is 0.163 e. The molecule has 2 saturated heterocycles. The first-order valence-corrected chi connectivity index (χ1v) is 9.16. The van der Waals surface area contributed by atoms with Gasteiger partial charge in [0.15, 0.2) is 11.5 Å². The zero-order valence-corrected chi connectivity index (χ0v) is 13.6. The largest absolute Gasteiger partial charge is 0.493 e. The molecule has 2 heterocycles. The van der Waals surface area contributed by atoms with E-state index in [1.165, 1.54) is 30.6 Å². The van der Waals surface area contributed by atoms with Crippen LogP contribution in [0.3, 0.4) is 0 Å². The maximum atomic E-state index is 6.16. The van der Waals surface area contributed by atoms with Gasteiger partial charge in [-0.3, -0.25) is 0 Å². The van der Waals surface area contributed by atoms with E-state index in [2.05, 4.69) is 17.4 Å². The van der Waals surface area contributed by atoms with Crippen molar-refractivity contribution in [2.75, 3.05) is 25.2 Å². The number of nitrogens with one attached hydrogen (secondary N) is 1. The molecule has 2 unspecified atom stereocenters. The van der Waals surface area contributed by atoms with Crippen LogP contribution in [0.4, 0.5) is 0 Å². The molecule has 1 aromatic rings. The highest BCUT2D eigenvalue weighted by molar-refractivity contribution is 7.99. The second-order valence-electron chi connectivity index (χ2n) is 5.90. The Morgan fingerprint density at radius 1 is 1.29 bits per heavy atom. The Balaban J connectivity index is 1.72. The molecule has 21 heavy (non-hydrogen) atoms. The number of benzene rings is 1. The van der Waals surface area contributed by atoms with Crippen LogP contribution in [-0.4, -0.2) is 37.3 Å². The maximum absolute atomic E-state index is 6.16. The SMILES string of the molecule is COc1c(CC2CCCCN2)cccc1OC1CCSC1. The molecule has 1 aromatic carbocycles. The molecule has 0 bridgehead atoms. The third-order valence-electron chi connectivity index (χ3n) is 4.32. The Kier molecular flexibility index (Phi) is 5.31. The van der Waals surface area contributed by atoms with Crippen LogP contribution in [0.15, 0.2) is 18.2 Å². The van der Waals surface area contributed by atoms with Crippen molar-refractivity contribution in [2.45, 2.75) is 44.2 Å². The Morgan fingerprint density at radius 2 is 2.24 bits per heavy atom. The lowest BCUT2D eigenvalue weighted by Gasteiger charge is -2.25. The first kappa shape index (κ1) is 15.0. The van der Waals surface area contributed by atoms with Crippen molar-refractivity contribution in [3.63, 3.8) is 0 Å². The van der Waals surface area contributed by atoms with E-state index in [-0.39, 0.29) is 0 Å². The number of rotatable bonds is 5. The second kappa shape index (κ2) is 7.41. The summed E-state index contributed by atoms with van der Waals surface area (Å²) in [7, 11) is 1.75. The van der Waals surface area contributed by atoms with E-state index in [9.17, 15) is 0 Å². The zero-order chi connectivity index (χ0) is 14.5. The molecule has 2 aliphatic heterocycles. The monoisotopic (exact) mass is 307 g/mol. The van der Waals surface area contributed by atoms with Crippen molar-refractivity contribution in [3.8, 4) is 11.5 Å². The van der Waals surface area contributed by atoms with Crippen molar-refractivity contribution < 1.29 is 9.47 Å². The van der Waals surface area contributed by atoms with Crippen LogP contribution in [0, 0.1) is 0 Å². The molecule has 0 aromatic heterocycles. The van der Waals surface area contributed by atoms with Gasteiger partial charge < -0.3 is 14.8 Å². The van der Waals surface area contributed by atoms with E-state index in [0.717, 1.165) is 36.6 Å². The summed E-state index contributed by atoms with van der Waals surface area (Å²) in [5.74, 6) is 4.15. The number of para-hydroxylation sites is 1. The molecule has 4 heteroatoms. The summed E-state index contributed by atoms with van der Waals surface area (Å²) in [5, 5.41) is 3.61. The Hall–Kier alpha value is -0.870. The van der Waals surface area contributed by atoms with Crippen molar-refractivity contribution in [2.24, 2.45) is 0 Å². The predicted octanol–water partition coefficient (Wildman–Crippen LogP) is 3.26. The first-order chi connectivity index (χ1) is 10.4. The third-order valence-corrected chi connectivity index (χ3v) is 5.46. The predicted molar refractivity (Wildman–Crippen MR) is 88.7 cm³/mol. The lowest BCUT2D eigenvalue weighted by molar-refractivity contribution is 0.217. The van der Waals surface area contributed by atoms with E-state index in [4.69, 9.17) is 9.47 Å². The van der Waals surface area contributed by atoms with E-state index in [0.29, 0.717) is 12.1 Å². The lowest BCUT2D eigenvalue weighted by Crippen LogP contribution is -2.35. The lowest BCUT2D eigenvalue weighted by atomic mass is 9.97. The van der Waals surface area contributed by atoms with Crippen molar-refractivity contribution in [1.82, 2.24) is 5.32 Å². The van der Waals surface area contributed by atoms with E-state index < -0.39 is 0 Å². The third kappa shape index (κ3) is 3.86. The van der Waals surface area contributed by atoms with Gasteiger partial charge >= 0.3 is 0 Å². The van der Waals surface area contributed by atoms with Crippen LogP contribution in [0.2, 0.25) is 0 Å². The molecule has 0 spiro atoms. The van der Waals surface area contributed by atoms with Gasteiger partial charge in [0, 0.05) is 11.8 Å². The highest BCUT2D eigenvalue weighted by Gasteiger charge is 2.21. The van der Waals surface area contributed by atoms with Gasteiger partial charge in [0.2, 0.25) is 0 Å². The molecule has 2 aliphatic rings. The standard InChI is InChI=1S/C17H25NO2S/c1-19-17-13(11-14-6-2-3-9-18-14)5-4-7-16(17)20-15-8-10-21-12-15/h4-5,7,14-15,18H,2-3,6,8-12H2,1H3. The second-order valence-corrected chi connectivity index (χ2v) is 7.05. The van der Waals surface area contributed by atoms with E-state index in [1.54, 1.807) is 7.11 Å². The van der Waals surface area contributed by atoms with Crippen LogP contribution in [0.1, 0.15) is 31.2 Å². The van der Waals surface area contributed by atoms with Crippen molar-refractivity contribution in [1.29, 1.82) is 0 Å². The van der Waals surface area contributed by atoms with E-state index in [1.807, 2.05) is 17.8 Å². The summed E-state index contributed by atoms with van der Waals surface area (Å²) in [6.45, 7) is 1.14. The Morgan fingerprint density at radius 3 is 2.95 bits per heavy atom. The Labute approximate surface area is 131 Å². The van der Waals surface area contributed by atoms with Gasteiger partial charge in [-0.2, -0.15) is 11.8 Å². The molecule has 0 saturated carbocycles. The molecule has 0 aliphatic carbocycles. The molecule has 3 rings (SSSR count). The summed E-state index contributed by atoms with van der Waals surface area (Å²) < 4.78 is 11.8. The van der Waals surface area contributed by atoms with Gasteiger partial charge in [-0.05, 0) is 49.6 Å². The molecule has 1 N–H and O–H groups in total. The normalized spacial score (nSPS) is 25.8. The molecule has 0 amide bonds. The van der Waals surface area contributed by atoms with Gasteiger partial charge in [-0.25, -0.2) is 0 Å². The fraction of sp³-hybridized carbons (Fsp3) is 0.647. The zero-order valence-electron chi connectivity index (χ0n) is 12.8. The molecular weight excluding hydrogens is 282 g/mol. The number of methoxy groups -OCH3 is 1. The fourth-order valence-corrected chi connectivity index (χ4v) is 4.29. The van der Waals surface area contributed by atoms with Crippen molar-refractivity contribution >= 4 is 11.8 Å². The molecule has 0 radical (unpaired) electrons. The summed E-state index contributed by atoms with van der Waals surface area (Å²) in [6, 6.07) is 6.88. The molecule has 2 atom stereocenters. The van der Waals surface area contributed by atoms with Gasteiger partial charge in [-0.15, -0.1) is 0 Å². The van der Waals surface area contributed by atoms with Crippen LogP contribution in [0.25, 0.3) is 0 Å². The molecule has 3 nitrogen and oxygen atoms in total. The minimum Gasteiger partial charge on any atom is -0.493 e. The smallest absolute Gasteiger partial charge is 0.163 e. The molecule has 2 fully saturated rings. The minimum atomic E-state index is 0.340. The van der Waals surface area contributed by atoms with Gasteiger partial charge in [0.25, 0.3) is 0 Å². The summed E-state index contributed by atoms with van der Waals surface area (Å²) >= 11 is 1.97. The van der Waals surface area contributed by atoms with Gasteiger partial charge in [0.1, 0.15) is 6.10 Å². The Bertz CT molecular complexity index is 454. The highest BCUT2D eigenvalue weighted by atomic mass is 32.2. The van der Waals surface area contributed by atoms with Gasteiger partial charge in [0.05, 0.1) is 7.11 Å². The number of thioether (sulfide) groups is 1. The summed E-state index contributed by atoms with van der Waals surface area (Å²) in [4.78, 5) is 0. The average Bonchev–Trinajstić information content (AvgIpc) is 3.02. The topological polar surface area (TPSA) is 30.5 Å². The number of hydrogen-bond donors (Lipinski definition) is 1. The average molecular weight is 307 g/mol. The highest BCUT2D eigenvalue weighted by Crippen LogP contribution is 2.35.